The highest BCUT2D eigenvalue weighted by Gasteiger charge is 2.35. The van der Waals surface area contributed by atoms with Crippen LogP contribution in [0.25, 0.3) is 11.1 Å². The van der Waals surface area contributed by atoms with Gasteiger partial charge in [-0.1, -0.05) is 110 Å². The molecule has 0 saturated heterocycles. The number of nitrogens with zero attached hydrogens (tertiary/aromatic N) is 2. The van der Waals surface area contributed by atoms with Crippen LogP contribution in [0.15, 0.2) is 126 Å². The molecule has 0 saturated carbocycles. The number of rotatable bonds is 28. The Morgan fingerprint density at radius 2 is 1.27 bits per heavy atom. The number of phenolic OH excluding ortho intramolecular Hbond substituents is 1. The molecule has 5 aromatic rings. The Bertz CT molecular complexity index is 2900. The predicted octanol–water partition coefficient (Wildman–Crippen LogP) is 6.10. The number of unbranched alkanes of at least 4 members (excludes halogenated alkanes) is 2. The van der Waals surface area contributed by atoms with Crippen LogP contribution in [-0.4, -0.2) is 103 Å². The fourth-order valence-electron chi connectivity index (χ4n) is 9.73. The number of nitrogens with two attached hydrogens (primary N) is 1. The number of aromatic hydroxyl groups is 1. The van der Waals surface area contributed by atoms with Crippen molar-refractivity contribution in [2.75, 3.05) is 44.6 Å². The third kappa shape index (κ3) is 17.9. The Labute approximate surface area is 466 Å². The van der Waals surface area contributed by atoms with Crippen molar-refractivity contribution in [3.05, 3.63) is 155 Å². The number of guanidine groups is 1. The van der Waals surface area contributed by atoms with Gasteiger partial charge in [0.05, 0.1) is 0 Å². The third-order valence-corrected chi connectivity index (χ3v) is 13.8. The molecule has 0 aromatic heterocycles. The van der Waals surface area contributed by atoms with Gasteiger partial charge in [0.1, 0.15) is 24.4 Å². The predicted molar refractivity (Wildman–Crippen MR) is 305 cm³/mol. The highest BCUT2D eigenvalue weighted by Crippen LogP contribution is 2.44. The number of fused-ring (bicyclic) bond motifs is 4. The lowest BCUT2D eigenvalue weighted by molar-refractivity contribution is -0.132. The van der Waals surface area contributed by atoms with Gasteiger partial charge in [-0.2, -0.15) is 4.99 Å². The molecule has 20 nitrogen and oxygen atoms in total. The van der Waals surface area contributed by atoms with Gasteiger partial charge in [-0.15, -0.1) is 0 Å². The lowest BCUT2D eigenvalue weighted by Crippen LogP contribution is -2.50. The minimum atomic E-state index is -1.01. The number of nitrogens with one attached hydrogen (secondary N) is 8. The van der Waals surface area contributed by atoms with Gasteiger partial charge < -0.3 is 58.1 Å². The van der Waals surface area contributed by atoms with Gasteiger partial charge in [-0.25, -0.2) is 9.59 Å². The topological polar surface area (TPSA) is 287 Å². The molecule has 8 amide bonds. The van der Waals surface area contributed by atoms with Gasteiger partial charge in [0, 0.05) is 83.2 Å². The van der Waals surface area contributed by atoms with Crippen LogP contribution < -0.4 is 48.3 Å². The number of aliphatic imine (C=N–C) groups is 1. The fourth-order valence-corrected chi connectivity index (χ4v) is 9.73. The summed E-state index contributed by atoms with van der Waals surface area (Å²) >= 11 is 0. The Kier molecular flexibility index (Phi) is 22.4. The van der Waals surface area contributed by atoms with E-state index in [1.54, 1.807) is 37.3 Å². The summed E-state index contributed by atoms with van der Waals surface area (Å²) in [5.74, 6) is -1.49. The van der Waals surface area contributed by atoms with E-state index in [1.165, 1.54) is 23.3 Å². The number of benzene rings is 5. The first-order valence-electron chi connectivity index (χ1n) is 27.4. The Hall–Kier alpha value is -8.78. The van der Waals surface area contributed by atoms with Crippen LogP contribution in [0.4, 0.5) is 15.3 Å². The number of alkyl carbamates (subject to hydrolysis) is 1. The van der Waals surface area contributed by atoms with Gasteiger partial charge in [-0.3, -0.25) is 28.9 Å². The van der Waals surface area contributed by atoms with Gasteiger partial charge >= 0.3 is 12.1 Å². The molecule has 7 rings (SSSR count). The van der Waals surface area contributed by atoms with Crippen molar-refractivity contribution in [1.82, 2.24) is 42.1 Å². The molecular weight excluding hydrogens is 1020 g/mol. The smallest absolute Gasteiger partial charge is 0.407 e. The summed E-state index contributed by atoms with van der Waals surface area (Å²) in [5.41, 5.74) is 14.5. The Balaban J connectivity index is 0.864. The van der Waals surface area contributed by atoms with Gasteiger partial charge in [0.15, 0.2) is 5.96 Å². The van der Waals surface area contributed by atoms with Crippen LogP contribution in [0.3, 0.4) is 0 Å². The molecule has 20 heteroatoms. The van der Waals surface area contributed by atoms with Crippen LogP contribution in [0.1, 0.15) is 110 Å². The van der Waals surface area contributed by atoms with Crippen LogP contribution in [0.5, 0.6) is 5.75 Å². The van der Waals surface area contributed by atoms with E-state index in [0.717, 1.165) is 34.2 Å². The SMILES string of the molecule is CCC(=O)NCCNC(=O)/N=C(/N)NCCC[C@@H](NC(=O)[C@H](c1cccc(NC(=O)CCCNC(=O)CCCCCNC(=O)OCC2c3ccccc3-c3ccccc32)c1)N1Cc2ccccc2C1)C(=O)NCc1ccc(O)cc1. The van der Waals surface area contributed by atoms with Crippen molar-refractivity contribution in [3.63, 3.8) is 0 Å². The largest absolute Gasteiger partial charge is 0.508 e. The van der Waals surface area contributed by atoms with Crippen molar-refractivity contribution in [2.24, 2.45) is 10.7 Å². The van der Waals surface area contributed by atoms with E-state index in [4.69, 9.17) is 10.5 Å². The van der Waals surface area contributed by atoms with Crippen LogP contribution in [0, 0.1) is 0 Å². The van der Waals surface area contributed by atoms with Crippen LogP contribution in [-0.2, 0) is 48.3 Å². The van der Waals surface area contributed by atoms with Crippen molar-refractivity contribution in [2.45, 2.75) is 102 Å². The second-order valence-electron chi connectivity index (χ2n) is 19.7. The molecule has 0 bridgehead atoms. The monoisotopic (exact) mass is 1090 g/mol. The molecule has 2 aliphatic rings. The molecule has 422 valence electrons. The first-order valence-corrected chi connectivity index (χ1v) is 27.4. The number of hydrogen-bond donors (Lipinski definition) is 10. The molecule has 2 atom stereocenters. The first kappa shape index (κ1) is 58.9. The van der Waals surface area contributed by atoms with Crippen molar-refractivity contribution >= 4 is 53.3 Å². The molecule has 0 radical (unpaired) electrons. The lowest BCUT2D eigenvalue weighted by atomic mass is 9.98. The first-order chi connectivity index (χ1) is 38.8. The number of carbonyl (C=O) groups excluding carboxylic acids is 7. The molecule has 5 aromatic carbocycles. The number of hydrogen-bond acceptors (Lipinski definition) is 10. The maximum absolute atomic E-state index is 14.7. The number of urea groups is 1. The van der Waals surface area contributed by atoms with Crippen LogP contribution >= 0.6 is 0 Å². The average Bonchev–Trinajstić information content (AvgIpc) is 4.11. The maximum atomic E-state index is 14.7. The molecule has 1 aliphatic carbocycles. The number of amides is 8. The molecule has 0 fully saturated rings. The normalized spacial score (nSPS) is 13.3. The summed E-state index contributed by atoms with van der Waals surface area (Å²) < 4.78 is 5.62. The highest BCUT2D eigenvalue weighted by molar-refractivity contribution is 5.93. The van der Waals surface area contributed by atoms with Gasteiger partial charge in [0.2, 0.25) is 29.5 Å². The quantitative estimate of drug-likeness (QED) is 0.0154. The lowest BCUT2D eigenvalue weighted by Gasteiger charge is -2.29. The minimum Gasteiger partial charge on any atom is -0.508 e. The summed E-state index contributed by atoms with van der Waals surface area (Å²) in [7, 11) is 0. The molecule has 0 unspecified atom stereocenters. The Morgan fingerprint density at radius 3 is 1.99 bits per heavy atom. The average molecular weight is 1090 g/mol. The van der Waals surface area contributed by atoms with E-state index < -0.39 is 36.0 Å². The van der Waals surface area contributed by atoms with E-state index in [2.05, 4.69) is 71.8 Å². The van der Waals surface area contributed by atoms with Gasteiger partial charge in [-0.05, 0) is 101 Å². The number of ether oxygens (including phenoxy) is 1. The second-order valence-corrected chi connectivity index (χ2v) is 19.7. The zero-order chi connectivity index (χ0) is 56.6. The molecule has 11 N–H and O–H groups in total. The summed E-state index contributed by atoms with van der Waals surface area (Å²) in [4.78, 5) is 96.6. The van der Waals surface area contributed by atoms with E-state index >= 15 is 0 Å². The zero-order valence-corrected chi connectivity index (χ0v) is 45.2. The molecule has 1 heterocycles. The van der Waals surface area contributed by atoms with Crippen molar-refractivity contribution in [3.8, 4) is 16.9 Å². The van der Waals surface area contributed by atoms with Crippen LogP contribution in [0.2, 0.25) is 0 Å². The third-order valence-electron chi connectivity index (χ3n) is 13.8. The number of phenols is 1. The molecular formula is C60H73N11O9. The summed E-state index contributed by atoms with van der Waals surface area (Å²) in [6.45, 7) is 4.37. The van der Waals surface area contributed by atoms with E-state index in [0.29, 0.717) is 76.0 Å². The van der Waals surface area contributed by atoms with Crippen molar-refractivity contribution < 1.29 is 43.4 Å². The Morgan fingerprint density at radius 1 is 0.637 bits per heavy atom. The van der Waals surface area contributed by atoms with Crippen molar-refractivity contribution in [1.29, 1.82) is 0 Å². The van der Waals surface area contributed by atoms with Gasteiger partial charge in [0.25, 0.3) is 0 Å². The fraction of sp³-hybridized carbons (Fsp3) is 0.367. The highest BCUT2D eigenvalue weighted by atomic mass is 16.5. The molecule has 1 aliphatic heterocycles. The van der Waals surface area contributed by atoms with E-state index in [1.807, 2.05) is 59.5 Å². The standard InChI is InChI=1S/C60H73N11O9/c1-2-52(73)63-33-34-65-59(78)70-58(61)64-32-13-23-51(56(76)67-36-40-26-28-45(72)29-27-40)69-57(77)55(71-37-42-15-5-6-16-43(42)38-71)41-17-12-18-44(35-41)68-54(75)25-14-31-62-53(74)24-4-3-11-30-66-60(79)80-39-50-48-21-9-7-19-46(48)47-20-8-10-22-49(47)50/h5-10,12,15-22,26-29,35,50-51,55,72H,2-4,11,13-14,23-25,30-34,36-39H2,1H3,(H,62,74)(H,63,73)(H,66,79)(H,67,76)(H,68,75)(H,69,77)(H4,61,64,65,70,78)/t51-,55+/m1/s1. The van der Waals surface area contributed by atoms with E-state index in [9.17, 15) is 38.7 Å². The zero-order valence-electron chi connectivity index (χ0n) is 45.2. The number of carbonyl (C=O) groups is 7. The number of anilines is 1. The summed E-state index contributed by atoms with van der Waals surface area (Å²) in [6, 6.07) is 35.2. The summed E-state index contributed by atoms with van der Waals surface area (Å²) in [6.07, 6.45) is 3.29. The second kappa shape index (κ2) is 30.4. The minimum absolute atomic E-state index is 0.0138. The molecule has 0 spiro atoms. The summed E-state index contributed by atoms with van der Waals surface area (Å²) in [5, 5.41) is 32.4. The van der Waals surface area contributed by atoms with E-state index in [-0.39, 0.29) is 81.0 Å². The molecule has 80 heavy (non-hydrogen) atoms. The maximum Gasteiger partial charge on any atom is 0.407 e.